The van der Waals surface area contributed by atoms with Crippen LogP contribution in [0.4, 0.5) is 11.6 Å². The number of benzene rings is 2. The van der Waals surface area contributed by atoms with Crippen LogP contribution in [0.25, 0.3) is 22.3 Å². The van der Waals surface area contributed by atoms with E-state index in [1.807, 2.05) is 42.5 Å². The molecule has 0 saturated carbocycles. The zero-order valence-corrected chi connectivity index (χ0v) is 14.5. The summed E-state index contributed by atoms with van der Waals surface area (Å²) in [6.45, 7) is 0.589. The molecule has 0 bridgehead atoms. The first-order valence-electron chi connectivity index (χ1n) is 8.75. The van der Waals surface area contributed by atoms with Crippen molar-refractivity contribution in [2.24, 2.45) is 0 Å². The van der Waals surface area contributed by atoms with E-state index >= 15 is 0 Å². The van der Waals surface area contributed by atoms with Crippen LogP contribution in [0.3, 0.4) is 0 Å². The molecule has 1 aliphatic rings. The number of nitrogens with one attached hydrogen (secondary N) is 1. The fourth-order valence-corrected chi connectivity index (χ4v) is 3.51. The number of hydrogen-bond donors (Lipinski definition) is 3. The van der Waals surface area contributed by atoms with Gasteiger partial charge in [-0.3, -0.25) is 0 Å². The molecule has 7 heteroatoms. The minimum absolute atomic E-state index is 0.157. The number of aromatic nitrogens is 4. The van der Waals surface area contributed by atoms with Crippen molar-refractivity contribution in [3.05, 3.63) is 60.0 Å². The zero-order chi connectivity index (χ0) is 18.4. The molecule has 2 aromatic heterocycles. The van der Waals surface area contributed by atoms with Crippen molar-refractivity contribution in [3.8, 4) is 17.0 Å². The highest BCUT2D eigenvalue weighted by Crippen LogP contribution is 2.33. The summed E-state index contributed by atoms with van der Waals surface area (Å²) in [6, 6.07) is 13.6. The number of nitrogens with zero attached hydrogens (tertiary/aromatic N) is 3. The predicted molar refractivity (Wildman–Crippen MR) is 104 cm³/mol. The Morgan fingerprint density at radius 2 is 1.96 bits per heavy atom. The Bertz CT molecular complexity index is 1150. The molecule has 134 valence electrons. The van der Waals surface area contributed by atoms with Crippen LogP contribution in [0, 0.1) is 0 Å². The van der Waals surface area contributed by atoms with Gasteiger partial charge in [0.05, 0.1) is 29.3 Å². The molecule has 3 heterocycles. The molecule has 0 fully saturated rings. The summed E-state index contributed by atoms with van der Waals surface area (Å²) in [5.74, 6) is 2.23. The summed E-state index contributed by atoms with van der Waals surface area (Å²) in [5.41, 5.74) is 17.1. The number of anilines is 2. The number of aromatic amines is 1. The van der Waals surface area contributed by atoms with Gasteiger partial charge >= 0.3 is 0 Å². The Labute approximate surface area is 155 Å². The Kier molecular flexibility index (Phi) is 3.46. The highest BCUT2D eigenvalue weighted by atomic mass is 16.5. The molecular weight excluding hydrogens is 340 g/mol. The standard InChI is InChI=1S/C20H18N6O/c21-14-2-4-18-12(8-14)7-13(10-27-18)19-24-16-3-1-11(9-17(16)25-19)15-5-6-23-20(22)26-15/h1-6,8-9,13H,7,10,21H2,(H,24,25)(H2,22,23,26). The van der Waals surface area contributed by atoms with Gasteiger partial charge in [-0.1, -0.05) is 6.07 Å². The second-order valence-electron chi connectivity index (χ2n) is 6.73. The second kappa shape index (κ2) is 5.98. The Hall–Kier alpha value is -3.61. The van der Waals surface area contributed by atoms with E-state index in [0.717, 1.165) is 51.5 Å². The highest BCUT2D eigenvalue weighted by molar-refractivity contribution is 5.81. The van der Waals surface area contributed by atoms with Gasteiger partial charge in [-0.2, -0.15) is 0 Å². The van der Waals surface area contributed by atoms with Gasteiger partial charge in [0.2, 0.25) is 5.95 Å². The van der Waals surface area contributed by atoms with Gasteiger partial charge in [-0.05, 0) is 48.4 Å². The van der Waals surface area contributed by atoms with Crippen molar-refractivity contribution < 1.29 is 4.74 Å². The molecule has 5 rings (SSSR count). The van der Waals surface area contributed by atoms with E-state index in [-0.39, 0.29) is 11.9 Å². The molecule has 2 aromatic carbocycles. The molecule has 1 atom stereocenters. The van der Waals surface area contributed by atoms with Crippen LogP contribution in [0.2, 0.25) is 0 Å². The number of ether oxygens (including phenoxy) is 1. The minimum atomic E-state index is 0.157. The monoisotopic (exact) mass is 358 g/mol. The molecule has 0 spiro atoms. The average molecular weight is 358 g/mol. The van der Waals surface area contributed by atoms with Gasteiger partial charge in [0.1, 0.15) is 11.6 Å². The number of rotatable bonds is 2. The number of H-pyrrole nitrogens is 1. The van der Waals surface area contributed by atoms with Gasteiger partial charge in [0, 0.05) is 17.4 Å². The lowest BCUT2D eigenvalue weighted by Gasteiger charge is -2.24. The lowest BCUT2D eigenvalue weighted by molar-refractivity contribution is 0.258. The van der Waals surface area contributed by atoms with E-state index in [2.05, 4.69) is 15.0 Å². The van der Waals surface area contributed by atoms with Crippen LogP contribution < -0.4 is 16.2 Å². The number of fused-ring (bicyclic) bond motifs is 2. The lowest BCUT2D eigenvalue weighted by atomic mass is 9.96. The fraction of sp³-hybridized carbons (Fsp3) is 0.150. The summed E-state index contributed by atoms with van der Waals surface area (Å²) < 4.78 is 5.90. The van der Waals surface area contributed by atoms with E-state index in [1.54, 1.807) is 6.20 Å². The Morgan fingerprint density at radius 3 is 2.85 bits per heavy atom. The second-order valence-corrected chi connectivity index (χ2v) is 6.73. The number of hydrogen-bond acceptors (Lipinski definition) is 6. The van der Waals surface area contributed by atoms with E-state index in [4.69, 9.17) is 21.2 Å². The molecule has 7 nitrogen and oxygen atoms in total. The van der Waals surface area contributed by atoms with E-state index in [9.17, 15) is 0 Å². The van der Waals surface area contributed by atoms with Crippen LogP contribution in [0.15, 0.2) is 48.7 Å². The van der Waals surface area contributed by atoms with Crippen molar-refractivity contribution in [2.45, 2.75) is 12.3 Å². The molecule has 1 unspecified atom stereocenters. The normalized spacial score (nSPS) is 16.1. The molecule has 0 radical (unpaired) electrons. The SMILES string of the molecule is Nc1ccc2c(c1)CC(c1nc3ccc(-c4ccnc(N)n4)cc3[nH]1)CO2. The third-order valence-corrected chi connectivity index (χ3v) is 4.85. The average Bonchev–Trinajstić information content (AvgIpc) is 3.10. The maximum atomic E-state index is 5.91. The van der Waals surface area contributed by atoms with E-state index in [1.165, 1.54) is 0 Å². The third kappa shape index (κ3) is 2.83. The number of nitrogens with two attached hydrogens (primary N) is 2. The summed E-state index contributed by atoms with van der Waals surface area (Å²) in [6.07, 6.45) is 2.50. The van der Waals surface area contributed by atoms with Crippen molar-refractivity contribution in [1.29, 1.82) is 0 Å². The topological polar surface area (TPSA) is 116 Å². The molecule has 5 N–H and O–H groups in total. The molecular formula is C20H18N6O. The number of imidazole rings is 1. The molecule has 0 amide bonds. The maximum Gasteiger partial charge on any atom is 0.220 e. The van der Waals surface area contributed by atoms with Crippen LogP contribution in [0.5, 0.6) is 5.75 Å². The molecule has 1 aliphatic heterocycles. The van der Waals surface area contributed by atoms with E-state index < -0.39 is 0 Å². The number of nitrogen functional groups attached to an aromatic ring is 2. The summed E-state index contributed by atoms with van der Waals surface area (Å²) >= 11 is 0. The van der Waals surface area contributed by atoms with Crippen molar-refractivity contribution in [3.63, 3.8) is 0 Å². The first-order chi connectivity index (χ1) is 13.2. The molecule has 27 heavy (non-hydrogen) atoms. The van der Waals surface area contributed by atoms with Crippen LogP contribution in [0.1, 0.15) is 17.3 Å². The first-order valence-corrected chi connectivity index (χ1v) is 8.75. The summed E-state index contributed by atoms with van der Waals surface area (Å²) in [7, 11) is 0. The maximum absolute atomic E-state index is 5.91. The van der Waals surface area contributed by atoms with Crippen molar-refractivity contribution in [2.75, 3.05) is 18.1 Å². The van der Waals surface area contributed by atoms with Gasteiger partial charge in [-0.25, -0.2) is 15.0 Å². The largest absolute Gasteiger partial charge is 0.493 e. The minimum Gasteiger partial charge on any atom is -0.493 e. The molecule has 4 aromatic rings. The lowest BCUT2D eigenvalue weighted by Crippen LogP contribution is -2.20. The van der Waals surface area contributed by atoms with Crippen LogP contribution in [-0.2, 0) is 6.42 Å². The fourth-order valence-electron chi connectivity index (χ4n) is 3.51. The van der Waals surface area contributed by atoms with E-state index in [0.29, 0.717) is 6.61 Å². The molecule has 0 aliphatic carbocycles. The van der Waals surface area contributed by atoms with Crippen molar-refractivity contribution >= 4 is 22.7 Å². The smallest absolute Gasteiger partial charge is 0.220 e. The molecule has 0 saturated heterocycles. The van der Waals surface area contributed by atoms with Gasteiger partial charge in [-0.15, -0.1) is 0 Å². The van der Waals surface area contributed by atoms with Gasteiger partial charge < -0.3 is 21.2 Å². The Morgan fingerprint density at radius 1 is 1.04 bits per heavy atom. The van der Waals surface area contributed by atoms with Crippen molar-refractivity contribution in [1.82, 2.24) is 19.9 Å². The zero-order valence-electron chi connectivity index (χ0n) is 14.5. The predicted octanol–water partition coefficient (Wildman–Crippen LogP) is 2.90. The summed E-state index contributed by atoms with van der Waals surface area (Å²) in [5, 5.41) is 0. The van der Waals surface area contributed by atoms with Gasteiger partial charge in [0.15, 0.2) is 0 Å². The quantitative estimate of drug-likeness (QED) is 0.475. The van der Waals surface area contributed by atoms with Crippen LogP contribution >= 0.6 is 0 Å². The Balaban J connectivity index is 1.48. The third-order valence-electron chi connectivity index (χ3n) is 4.85. The van der Waals surface area contributed by atoms with Gasteiger partial charge in [0.25, 0.3) is 0 Å². The highest BCUT2D eigenvalue weighted by Gasteiger charge is 2.24. The van der Waals surface area contributed by atoms with Crippen LogP contribution in [-0.4, -0.2) is 26.5 Å². The first kappa shape index (κ1) is 15.6. The summed E-state index contributed by atoms with van der Waals surface area (Å²) in [4.78, 5) is 16.4.